The number of aromatic nitrogens is 1. The van der Waals surface area contributed by atoms with Crippen LogP contribution in [0.25, 0.3) is 0 Å². The van der Waals surface area contributed by atoms with E-state index in [1.165, 1.54) is 5.56 Å². The van der Waals surface area contributed by atoms with Gasteiger partial charge >= 0.3 is 5.97 Å². The van der Waals surface area contributed by atoms with E-state index in [1.807, 2.05) is 12.1 Å². The number of ketones is 1. The molecule has 1 heterocycles. The Morgan fingerprint density at radius 1 is 1.15 bits per heavy atom. The molecule has 0 aliphatic carbocycles. The molecule has 2 rings (SSSR count). The summed E-state index contributed by atoms with van der Waals surface area (Å²) >= 11 is 0. The number of carbonyl (C=O) groups is 2. The first-order chi connectivity index (χ1) is 12.3. The summed E-state index contributed by atoms with van der Waals surface area (Å²) in [4.78, 5) is 27.5. The van der Waals surface area contributed by atoms with Crippen molar-refractivity contribution in [3.63, 3.8) is 0 Å². The summed E-state index contributed by atoms with van der Waals surface area (Å²) in [5.74, 6) is -0.396. The number of hydrogen-bond acceptors (Lipinski definition) is 4. The lowest BCUT2D eigenvalue weighted by Gasteiger charge is -2.09. The van der Waals surface area contributed by atoms with Crippen LogP contribution in [0.3, 0.4) is 0 Å². The number of nitrogens with one attached hydrogen (secondary N) is 1. The molecule has 1 aromatic heterocycles. The number of aliphatic hydroxyl groups is 1. The highest BCUT2D eigenvalue weighted by Gasteiger charge is 2.21. The Bertz CT molecular complexity index is 787. The Morgan fingerprint density at radius 2 is 1.77 bits per heavy atom. The highest BCUT2D eigenvalue weighted by atomic mass is 16.5. The monoisotopic (exact) mass is 357 g/mol. The number of carbonyl (C=O) groups excluding carboxylic acids is 2. The topological polar surface area (TPSA) is 79.4 Å². The summed E-state index contributed by atoms with van der Waals surface area (Å²) in [6, 6.07) is 7.42. The van der Waals surface area contributed by atoms with Gasteiger partial charge in [0.25, 0.3) is 0 Å². The number of H-pyrrole nitrogens is 1. The second-order valence-electron chi connectivity index (χ2n) is 6.77. The van der Waals surface area contributed by atoms with Gasteiger partial charge in [-0.15, -0.1) is 0 Å². The highest BCUT2D eigenvalue weighted by molar-refractivity contribution is 5.99. The van der Waals surface area contributed by atoms with E-state index in [0.717, 1.165) is 12.1 Å². The van der Waals surface area contributed by atoms with Gasteiger partial charge < -0.3 is 14.8 Å². The number of aliphatic hydroxyl groups excluding tert-OH is 1. The maximum absolute atomic E-state index is 12.3. The van der Waals surface area contributed by atoms with E-state index in [4.69, 9.17) is 4.74 Å². The van der Waals surface area contributed by atoms with Crippen molar-refractivity contribution in [2.45, 2.75) is 53.1 Å². The minimum atomic E-state index is -0.682. The number of ether oxygens (including phenoxy) is 1. The molecule has 0 bridgehead atoms. The average Bonchev–Trinajstić information content (AvgIpc) is 2.93. The van der Waals surface area contributed by atoms with Crippen molar-refractivity contribution >= 4 is 11.8 Å². The van der Waals surface area contributed by atoms with E-state index >= 15 is 0 Å². The number of rotatable bonds is 7. The Balaban J connectivity index is 2.03. The van der Waals surface area contributed by atoms with E-state index in [-0.39, 0.29) is 18.1 Å². The molecule has 140 valence electrons. The minimum Gasteiger partial charge on any atom is -0.453 e. The van der Waals surface area contributed by atoms with Crippen LogP contribution in [0.4, 0.5) is 0 Å². The van der Waals surface area contributed by atoms with E-state index in [1.54, 1.807) is 32.9 Å². The number of benzene rings is 1. The van der Waals surface area contributed by atoms with Gasteiger partial charge in [-0.25, -0.2) is 4.79 Å². The number of hydrogen-bond donors (Lipinski definition) is 2. The van der Waals surface area contributed by atoms with Crippen molar-refractivity contribution in [3.8, 4) is 0 Å². The Morgan fingerprint density at radius 3 is 2.27 bits per heavy atom. The summed E-state index contributed by atoms with van der Waals surface area (Å²) in [7, 11) is 0. The van der Waals surface area contributed by atoms with Crippen LogP contribution in [0.5, 0.6) is 0 Å². The van der Waals surface area contributed by atoms with Gasteiger partial charge in [-0.3, -0.25) is 4.79 Å². The summed E-state index contributed by atoms with van der Waals surface area (Å²) in [5, 5.41) is 9.80. The van der Waals surface area contributed by atoms with Gasteiger partial charge in [-0.05, 0) is 44.2 Å². The number of aromatic amines is 1. The van der Waals surface area contributed by atoms with E-state index in [9.17, 15) is 14.7 Å². The van der Waals surface area contributed by atoms with Gasteiger partial charge in [0.05, 0.1) is 6.10 Å². The molecule has 0 aliphatic heterocycles. The molecular formula is C21H27NO4. The first kappa shape index (κ1) is 19.9. The van der Waals surface area contributed by atoms with E-state index in [2.05, 4.69) is 18.8 Å². The van der Waals surface area contributed by atoms with Crippen LogP contribution in [-0.4, -0.2) is 28.4 Å². The fraction of sp³-hybridized carbons (Fsp3) is 0.429. The molecule has 2 N–H and O–H groups in total. The van der Waals surface area contributed by atoms with Crippen LogP contribution < -0.4 is 0 Å². The standard InChI is InChI=1S/C21H27NO4/c1-6-12(2)16-7-9-17(10-8-16)18(24)11-26-21(25)20-13(3)19(15(5)23)14(4)22-20/h7-10,12,15,22-23H,6,11H2,1-5H3/t12-,15-/m0/s1. The molecule has 0 radical (unpaired) electrons. The second-order valence-corrected chi connectivity index (χ2v) is 6.77. The SMILES string of the molecule is CC[C@H](C)c1ccc(C(=O)COC(=O)c2[nH]c(C)c([C@H](C)O)c2C)cc1. The molecule has 0 spiro atoms. The second kappa shape index (κ2) is 8.32. The predicted octanol–water partition coefficient (Wildman–Crippen LogP) is 4.24. The van der Waals surface area contributed by atoms with Gasteiger partial charge in [0.15, 0.2) is 12.4 Å². The first-order valence-corrected chi connectivity index (χ1v) is 8.93. The maximum atomic E-state index is 12.3. The molecular weight excluding hydrogens is 330 g/mol. The van der Waals surface area contributed by atoms with Gasteiger partial charge in [-0.2, -0.15) is 0 Å². The van der Waals surface area contributed by atoms with Crippen molar-refractivity contribution < 1.29 is 19.4 Å². The molecule has 2 aromatic rings. The highest BCUT2D eigenvalue weighted by Crippen LogP contribution is 2.25. The zero-order chi connectivity index (χ0) is 19.4. The summed E-state index contributed by atoms with van der Waals surface area (Å²) in [6.45, 7) is 9.12. The largest absolute Gasteiger partial charge is 0.453 e. The Labute approximate surface area is 154 Å². The fourth-order valence-corrected chi connectivity index (χ4v) is 3.12. The van der Waals surface area contributed by atoms with Crippen LogP contribution in [0.1, 0.15) is 82.4 Å². The normalized spacial score (nSPS) is 13.3. The third kappa shape index (κ3) is 4.22. The molecule has 1 aromatic carbocycles. The smallest absolute Gasteiger partial charge is 0.355 e. The lowest BCUT2D eigenvalue weighted by molar-refractivity contribution is 0.0468. The molecule has 5 heteroatoms. The summed E-state index contributed by atoms with van der Waals surface area (Å²) in [5.41, 5.74) is 4.03. The molecule has 0 unspecified atom stereocenters. The molecule has 0 saturated heterocycles. The minimum absolute atomic E-state index is 0.245. The quantitative estimate of drug-likeness (QED) is 0.574. The van der Waals surface area contributed by atoms with Crippen LogP contribution >= 0.6 is 0 Å². The Hall–Kier alpha value is -2.40. The lowest BCUT2D eigenvalue weighted by atomic mass is 9.97. The van der Waals surface area contributed by atoms with Crippen molar-refractivity contribution in [2.24, 2.45) is 0 Å². The number of esters is 1. The molecule has 5 nitrogen and oxygen atoms in total. The van der Waals surface area contributed by atoms with Gasteiger partial charge in [0, 0.05) is 16.8 Å². The average molecular weight is 357 g/mol. The predicted molar refractivity (Wildman–Crippen MR) is 101 cm³/mol. The van der Waals surface area contributed by atoms with Crippen molar-refractivity contribution in [1.29, 1.82) is 0 Å². The number of Topliss-reactive ketones (excluding diaryl/α,β-unsaturated/α-hetero) is 1. The van der Waals surface area contributed by atoms with E-state index in [0.29, 0.717) is 22.6 Å². The third-order valence-electron chi connectivity index (χ3n) is 4.87. The van der Waals surface area contributed by atoms with Crippen LogP contribution in [0.2, 0.25) is 0 Å². The lowest BCUT2D eigenvalue weighted by Crippen LogP contribution is -2.15. The summed E-state index contributed by atoms with van der Waals surface area (Å²) < 4.78 is 5.17. The van der Waals surface area contributed by atoms with Crippen LogP contribution in [-0.2, 0) is 4.74 Å². The Kier molecular flexibility index (Phi) is 6.37. The van der Waals surface area contributed by atoms with Crippen molar-refractivity contribution in [3.05, 3.63) is 57.9 Å². The van der Waals surface area contributed by atoms with Crippen LogP contribution in [0, 0.1) is 13.8 Å². The zero-order valence-electron chi connectivity index (χ0n) is 16.1. The van der Waals surface area contributed by atoms with E-state index < -0.39 is 12.1 Å². The molecule has 0 saturated carbocycles. The molecule has 0 amide bonds. The van der Waals surface area contributed by atoms with Crippen molar-refractivity contribution in [1.82, 2.24) is 4.98 Å². The van der Waals surface area contributed by atoms with Gasteiger partial charge in [0.2, 0.25) is 0 Å². The van der Waals surface area contributed by atoms with Gasteiger partial charge in [0.1, 0.15) is 5.69 Å². The van der Waals surface area contributed by atoms with Crippen molar-refractivity contribution in [2.75, 3.05) is 6.61 Å². The molecule has 2 atom stereocenters. The fourth-order valence-electron chi connectivity index (χ4n) is 3.12. The molecule has 26 heavy (non-hydrogen) atoms. The molecule has 0 aliphatic rings. The van der Waals surface area contributed by atoms with Gasteiger partial charge in [-0.1, -0.05) is 38.1 Å². The zero-order valence-corrected chi connectivity index (χ0v) is 16.1. The van der Waals surface area contributed by atoms with Crippen LogP contribution in [0.15, 0.2) is 24.3 Å². The summed E-state index contributed by atoms with van der Waals surface area (Å²) in [6.07, 6.45) is 0.354. The third-order valence-corrected chi connectivity index (χ3v) is 4.87. The first-order valence-electron chi connectivity index (χ1n) is 8.93. The molecule has 0 fully saturated rings. The number of aryl methyl sites for hydroxylation is 1. The maximum Gasteiger partial charge on any atom is 0.355 e.